The quantitative estimate of drug-likeness (QED) is 0.660. The van der Waals surface area contributed by atoms with Gasteiger partial charge in [0, 0.05) is 31.9 Å². The highest BCUT2D eigenvalue weighted by Gasteiger charge is 2.20. The predicted octanol–water partition coefficient (Wildman–Crippen LogP) is 5.36. The fourth-order valence-electron chi connectivity index (χ4n) is 1.95. The van der Waals surface area contributed by atoms with Gasteiger partial charge in [-0.25, -0.2) is 0 Å². The molecule has 2 aromatic rings. The van der Waals surface area contributed by atoms with Crippen molar-refractivity contribution in [2.45, 2.75) is 41.9 Å². The first-order valence-electron chi connectivity index (χ1n) is 7.48. The summed E-state index contributed by atoms with van der Waals surface area (Å²) in [6.07, 6.45) is 0. The molecule has 136 valence electrons. The number of alkyl halides is 2. The van der Waals surface area contributed by atoms with E-state index in [-0.39, 0.29) is 14.5 Å². The van der Waals surface area contributed by atoms with Gasteiger partial charge in [-0.1, -0.05) is 23.9 Å². The summed E-state index contributed by atoms with van der Waals surface area (Å²) in [5, 5.41) is 4.34. The minimum atomic E-state index is -2.57. The topological polar surface area (TPSA) is 46.2 Å². The van der Waals surface area contributed by atoms with Crippen molar-refractivity contribution in [2.24, 2.45) is 0 Å². The molecule has 2 rings (SSSR count). The molecule has 0 aliphatic rings. The number of carbonyl (C=O) groups excluding carboxylic acids is 1. The zero-order valence-electron chi connectivity index (χ0n) is 14.0. The number of hydrogen-bond acceptors (Lipinski definition) is 4. The first-order valence-corrected chi connectivity index (χ1v) is 10.6. The Labute approximate surface area is 156 Å². The molecule has 1 aromatic carbocycles. The number of thiophene rings is 1. The first kappa shape index (κ1) is 20.1. The van der Waals surface area contributed by atoms with Gasteiger partial charge < -0.3 is 5.32 Å². The molecule has 0 aliphatic heterocycles. The Morgan fingerprint density at radius 3 is 2.68 bits per heavy atom. The van der Waals surface area contributed by atoms with Crippen molar-refractivity contribution in [2.75, 3.05) is 5.32 Å². The van der Waals surface area contributed by atoms with E-state index in [1.54, 1.807) is 23.6 Å². The maximum atomic E-state index is 12.5. The number of anilines is 1. The molecule has 3 nitrogen and oxygen atoms in total. The predicted molar refractivity (Wildman–Crippen MR) is 102 cm³/mol. The zero-order valence-corrected chi connectivity index (χ0v) is 16.5. The number of rotatable bonds is 6. The minimum Gasteiger partial charge on any atom is -0.321 e. The number of carbonyl (C=O) groups is 1. The van der Waals surface area contributed by atoms with Crippen molar-refractivity contribution >= 4 is 45.5 Å². The van der Waals surface area contributed by atoms with E-state index in [1.807, 2.05) is 26.8 Å². The monoisotopic (exact) mass is 403 g/mol. The van der Waals surface area contributed by atoms with Gasteiger partial charge in [-0.3, -0.25) is 9.00 Å². The SMILES string of the molecule is CC(C)(C)S(=O)Cc1cccc(NC(=O)c2sccc2SC(F)F)c1. The first-order chi connectivity index (χ1) is 11.7. The summed E-state index contributed by atoms with van der Waals surface area (Å²) in [4.78, 5) is 12.9. The zero-order chi connectivity index (χ0) is 18.6. The van der Waals surface area contributed by atoms with Crippen LogP contribution in [-0.2, 0) is 16.6 Å². The largest absolute Gasteiger partial charge is 0.321 e. The van der Waals surface area contributed by atoms with Crippen LogP contribution < -0.4 is 5.32 Å². The maximum Gasteiger partial charge on any atom is 0.288 e. The molecular weight excluding hydrogens is 384 g/mol. The second kappa shape index (κ2) is 8.42. The normalized spacial score (nSPS) is 13.0. The highest BCUT2D eigenvalue weighted by Crippen LogP contribution is 2.32. The van der Waals surface area contributed by atoms with E-state index in [0.717, 1.165) is 16.9 Å². The molecule has 0 spiro atoms. The van der Waals surface area contributed by atoms with Gasteiger partial charge in [0.1, 0.15) is 4.88 Å². The van der Waals surface area contributed by atoms with E-state index in [4.69, 9.17) is 0 Å². The molecule has 0 saturated carbocycles. The smallest absolute Gasteiger partial charge is 0.288 e. The number of nitrogens with one attached hydrogen (secondary N) is 1. The maximum absolute atomic E-state index is 12.5. The Bertz CT molecular complexity index is 769. The van der Waals surface area contributed by atoms with Gasteiger partial charge in [-0.15, -0.1) is 11.3 Å². The molecule has 1 N–H and O–H groups in total. The second-order valence-corrected chi connectivity index (χ2v) is 10.4. The lowest BCUT2D eigenvalue weighted by molar-refractivity contribution is 0.102. The lowest BCUT2D eigenvalue weighted by atomic mass is 10.2. The summed E-state index contributed by atoms with van der Waals surface area (Å²) in [5.74, 6) is -2.61. The van der Waals surface area contributed by atoms with Gasteiger partial charge in [-0.2, -0.15) is 8.78 Å². The molecular formula is C17H19F2NO2S3. The lowest BCUT2D eigenvalue weighted by Crippen LogP contribution is -2.23. The van der Waals surface area contributed by atoms with Crippen LogP contribution in [0.25, 0.3) is 0 Å². The molecule has 1 heterocycles. The molecule has 0 radical (unpaired) electrons. The van der Waals surface area contributed by atoms with E-state index >= 15 is 0 Å². The second-order valence-electron chi connectivity index (χ2n) is 6.25. The lowest BCUT2D eigenvalue weighted by Gasteiger charge is -2.18. The van der Waals surface area contributed by atoms with E-state index in [2.05, 4.69) is 5.32 Å². The van der Waals surface area contributed by atoms with E-state index in [0.29, 0.717) is 23.2 Å². The van der Waals surface area contributed by atoms with Gasteiger partial charge in [0.2, 0.25) is 0 Å². The Morgan fingerprint density at radius 2 is 2.04 bits per heavy atom. The molecule has 1 aromatic heterocycles. The highest BCUT2D eigenvalue weighted by atomic mass is 32.2. The van der Waals surface area contributed by atoms with Crippen LogP contribution in [0.3, 0.4) is 0 Å². The van der Waals surface area contributed by atoms with Crippen molar-refractivity contribution in [3.8, 4) is 0 Å². The van der Waals surface area contributed by atoms with E-state index < -0.39 is 22.5 Å². The summed E-state index contributed by atoms with van der Waals surface area (Å²) in [7, 11) is -1.05. The average Bonchev–Trinajstić information content (AvgIpc) is 2.94. The Morgan fingerprint density at radius 1 is 1.32 bits per heavy atom. The highest BCUT2D eigenvalue weighted by molar-refractivity contribution is 7.99. The van der Waals surface area contributed by atoms with E-state index in [1.165, 1.54) is 6.07 Å². The number of benzene rings is 1. The van der Waals surface area contributed by atoms with Crippen LogP contribution in [0.5, 0.6) is 0 Å². The standard InChI is InChI=1S/C17H19F2NO2S3/c1-17(2,3)25(22)10-11-5-4-6-12(9-11)20-15(21)14-13(7-8-23-14)24-16(18)19/h4-9,16H,10H2,1-3H3,(H,20,21). The molecule has 1 unspecified atom stereocenters. The van der Waals surface area contributed by atoms with Crippen molar-refractivity contribution in [3.63, 3.8) is 0 Å². The van der Waals surface area contributed by atoms with Crippen LogP contribution in [0.1, 0.15) is 36.0 Å². The van der Waals surface area contributed by atoms with Crippen LogP contribution in [0, 0.1) is 0 Å². The Hall–Kier alpha value is -1.25. The van der Waals surface area contributed by atoms with Crippen LogP contribution in [-0.4, -0.2) is 20.6 Å². The summed E-state index contributed by atoms with van der Waals surface area (Å²) in [6.45, 7) is 5.73. The third-order valence-electron chi connectivity index (χ3n) is 3.22. The molecule has 1 amide bonds. The van der Waals surface area contributed by atoms with Crippen molar-refractivity contribution in [3.05, 3.63) is 46.2 Å². The molecule has 25 heavy (non-hydrogen) atoms. The number of halogens is 2. The third-order valence-corrected chi connectivity index (χ3v) is 6.99. The van der Waals surface area contributed by atoms with Gasteiger partial charge in [0.05, 0.1) is 0 Å². The van der Waals surface area contributed by atoms with Crippen molar-refractivity contribution in [1.82, 2.24) is 0 Å². The van der Waals surface area contributed by atoms with E-state index in [9.17, 15) is 17.8 Å². The molecule has 0 fully saturated rings. The van der Waals surface area contributed by atoms with Crippen LogP contribution in [0.4, 0.5) is 14.5 Å². The summed E-state index contributed by atoms with van der Waals surface area (Å²) in [6, 6.07) is 8.61. The summed E-state index contributed by atoms with van der Waals surface area (Å²) in [5.41, 5.74) is 1.40. The van der Waals surface area contributed by atoms with Gasteiger partial charge in [0.15, 0.2) is 0 Å². The number of amides is 1. The third kappa shape index (κ3) is 5.90. The number of hydrogen-bond donors (Lipinski definition) is 1. The average molecular weight is 404 g/mol. The fraction of sp³-hybridized carbons (Fsp3) is 0.353. The molecule has 0 saturated heterocycles. The number of thioether (sulfide) groups is 1. The van der Waals surface area contributed by atoms with Gasteiger partial charge >= 0.3 is 0 Å². The van der Waals surface area contributed by atoms with Crippen LogP contribution >= 0.6 is 23.1 Å². The van der Waals surface area contributed by atoms with Gasteiger partial charge in [0.25, 0.3) is 11.7 Å². The summed E-state index contributed by atoms with van der Waals surface area (Å²) >= 11 is 1.48. The van der Waals surface area contributed by atoms with Crippen LogP contribution in [0.2, 0.25) is 0 Å². The van der Waals surface area contributed by atoms with Crippen LogP contribution in [0.15, 0.2) is 40.6 Å². The summed E-state index contributed by atoms with van der Waals surface area (Å²) < 4.78 is 37.0. The molecule has 0 aliphatic carbocycles. The molecule has 8 heteroatoms. The fourth-order valence-corrected chi connectivity index (χ4v) is 4.46. The molecule has 1 atom stereocenters. The van der Waals surface area contributed by atoms with Crippen molar-refractivity contribution < 1.29 is 17.8 Å². The Balaban J connectivity index is 2.11. The minimum absolute atomic E-state index is 0.258. The van der Waals surface area contributed by atoms with Crippen molar-refractivity contribution in [1.29, 1.82) is 0 Å². The molecule has 0 bridgehead atoms. The van der Waals surface area contributed by atoms with Gasteiger partial charge in [-0.05, 0) is 49.9 Å². The Kier molecular flexibility index (Phi) is 6.76.